The fourth-order valence-corrected chi connectivity index (χ4v) is 2.24. The Balaban J connectivity index is 2.12. The third-order valence-electron chi connectivity index (χ3n) is 2.38. The third-order valence-corrected chi connectivity index (χ3v) is 3.41. The van der Waals surface area contributed by atoms with Crippen LogP contribution in [0.25, 0.3) is 0 Å². The van der Waals surface area contributed by atoms with E-state index >= 15 is 0 Å². The van der Waals surface area contributed by atoms with Gasteiger partial charge in [0.15, 0.2) is 10.9 Å². The van der Waals surface area contributed by atoms with Gasteiger partial charge in [-0.25, -0.2) is 0 Å². The molecule has 6 nitrogen and oxygen atoms in total. The molecule has 0 aliphatic carbocycles. The quantitative estimate of drug-likeness (QED) is 0.498. The van der Waals surface area contributed by atoms with Crippen molar-refractivity contribution in [3.05, 3.63) is 56.6 Å². The van der Waals surface area contributed by atoms with Crippen molar-refractivity contribution in [2.24, 2.45) is 7.05 Å². The Morgan fingerprint density at radius 3 is 2.68 bits per heavy atom. The highest BCUT2D eigenvalue weighted by molar-refractivity contribution is 7.99. The minimum Gasteiger partial charge on any atom is -0.293 e. The molecule has 0 amide bonds. The molecule has 0 saturated heterocycles. The molecular formula is C12H11N3O3S. The highest BCUT2D eigenvalue weighted by Crippen LogP contribution is 2.13. The smallest absolute Gasteiger partial charge is 0.293 e. The lowest BCUT2D eigenvalue weighted by Crippen LogP contribution is -2.34. The summed E-state index contributed by atoms with van der Waals surface area (Å²) in [4.78, 5) is 37.6. The monoisotopic (exact) mass is 277 g/mol. The molecule has 1 aromatic carbocycles. The first-order valence-corrected chi connectivity index (χ1v) is 6.45. The summed E-state index contributed by atoms with van der Waals surface area (Å²) in [6.07, 6.45) is 0. The van der Waals surface area contributed by atoms with Gasteiger partial charge < -0.3 is 0 Å². The number of rotatable bonds is 4. The van der Waals surface area contributed by atoms with Gasteiger partial charge in [0, 0.05) is 12.6 Å². The molecule has 19 heavy (non-hydrogen) atoms. The Morgan fingerprint density at radius 1 is 1.32 bits per heavy atom. The number of thioether (sulfide) groups is 1. The Kier molecular flexibility index (Phi) is 3.96. The minimum absolute atomic E-state index is 0.0638. The van der Waals surface area contributed by atoms with Crippen molar-refractivity contribution in [3.63, 3.8) is 0 Å². The van der Waals surface area contributed by atoms with Gasteiger partial charge in [-0.15, -0.1) is 0 Å². The van der Waals surface area contributed by atoms with Crippen molar-refractivity contribution in [1.82, 2.24) is 14.8 Å². The van der Waals surface area contributed by atoms with E-state index in [0.717, 1.165) is 11.8 Å². The van der Waals surface area contributed by atoms with E-state index < -0.39 is 11.1 Å². The Bertz CT molecular complexity index is 706. The Hall–Kier alpha value is -2.15. The average molecular weight is 277 g/mol. The highest BCUT2D eigenvalue weighted by atomic mass is 32.2. The molecule has 0 atom stereocenters. The second-order valence-corrected chi connectivity index (χ2v) is 4.72. The van der Waals surface area contributed by atoms with Crippen LogP contribution < -0.4 is 11.1 Å². The standard InChI is InChI=1S/C12H11N3O3S/c1-15-12(13-10(17)11(18)14-15)19-7-9(16)8-5-3-2-4-6-8/h2-6H,7H2,1H3,(H,14,18). The Labute approximate surface area is 112 Å². The van der Waals surface area contributed by atoms with Gasteiger partial charge in [0.25, 0.3) is 0 Å². The van der Waals surface area contributed by atoms with Crippen molar-refractivity contribution in [3.8, 4) is 0 Å². The second kappa shape index (κ2) is 5.66. The van der Waals surface area contributed by atoms with Crippen LogP contribution in [-0.2, 0) is 7.05 Å². The van der Waals surface area contributed by atoms with Crippen LogP contribution in [0, 0.1) is 0 Å². The van der Waals surface area contributed by atoms with Gasteiger partial charge in [0.2, 0.25) is 0 Å². The molecule has 0 spiro atoms. The van der Waals surface area contributed by atoms with Crippen LogP contribution in [0.1, 0.15) is 10.4 Å². The molecule has 2 rings (SSSR count). The number of ketones is 1. The molecule has 2 aromatic rings. The largest absolute Gasteiger partial charge is 0.339 e. The lowest BCUT2D eigenvalue weighted by atomic mass is 10.2. The van der Waals surface area contributed by atoms with E-state index in [1.54, 1.807) is 31.3 Å². The van der Waals surface area contributed by atoms with Crippen molar-refractivity contribution >= 4 is 17.5 Å². The maximum atomic E-state index is 11.9. The van der Waals surface area contributed by atoms with Crippen LogP contribution >= 0.6 is 11.8 Å². The molecule has 1 aromatic heterocycles. The number of nitrogens with one attached hydrogen (secondary N) is 1. The zero-order valence-corrected chi connectivity index (χ0v) is 10.9. The van der Waals surface area contributed by atoms with Crippen LogP contribution in [0.5, 0.6) is 0 Å². The van der Waals surface area contributed by atoms with Crippen LogP contribution in [-0.4, -0.2) is 26.3 Å². The summed E-state index contributed by atoms with van der Waals surface area (Å²) in [5, 5.41) is 2.62. The van der Waals surface area contributed by atoms with Gasteiger partial charge in [-0.2, -0.15) is 4.98 Å². The topological polar surface area (TPSA) is 84.8 Å². The number of H-pyrrole nitrogens is 1. The van der Waals surface area contributed by atoms with Gasteiger partial charge in [0.1, 0.15) is 0 Å². The molecule has 0 radical (unpaired) electrons. The fourth-order valence-electron chi connectivity index (χ4n) is 1.43. The van der Waals surface area contributed by atoms with Crippen molar-refractivity contribution in [2.75, 3.05) is 5.75 Å². The molecule has 0 bridgehead atoms. The zero-order chi connectivity index (χ0) is 13.8. The molecule has 1 N–H and O–H groups in total. The number of carbonyl (C=O) groups excluding carboxylic acids is 1. The van der Waals surface area contributed by atoms with E-state index in [0.29, 0.717) is 10.7 Å². The van der Waals surface area contributed by atoms with Gasteiger partial charge in [-0.05, 0) is 0 Å². The maximum absolute atomic E-state index is 11.9. The van der Waals surface area contributed by atoms with Gasteiger partial charge >= 0.3 is 11.1 Å². The number of aromatic amines is 1. The van der Waals surface area contributed by atoms with E-state index in [1.165, 1.54) is 4.68 Å². The first-order chi connectivity index (χ1) is 9.08. The summed E-state index contributed by atoms with van der Waals surface area (Å²) >= 11 is 1.11. The van der Waals surface area contributed by atoms with Crippen molar-refractivity contribution < 1.29 is 4.79 Å². The first-order valence-electron chi connectivity index (χ1n) is 5.46. The van der Waals surface area contributed by atoms with Gasteiger partial charge in [-0.1, -0.05) is 42.1 Å². The fraction of sp³-hybridized carbons (Fsp3) is 0.167. The van der Waals surface area contributed by atoms with Crippen molar-refractivity contribution in [1.29, 1.82) is 0 Å². The minimum atomic E-state index is -0.854. The number of hydrogen-bond donors (Lipinski definition) is 1. The van der Waals surface area contributed by atoms with Crippen LogP contribution in [0.2, 0.25) is 0 Å². The molecule has 0 unspecified atom stereocenters. The molecule has 0 saturated carbocycles. The van der Waals surface area contributed by atoms with Crippen LogP contribution in [0.15, 0.2) is 45.1 Å². The van der Waals surface area contributed by atoms with E-state index in [-0.39, 0.29) is 11.5 Å². The summed E-state index contributed by atoms with van der Waals surface area (Å²) in [5.74, 6) is 0.0853. The summed E-state index contributed by atoms with van der Waals surface area (Å²) in [7, 11) is 1.56. The van der Waals surface area contributed by atoms with Crippen LogP contribution in [0.3, 0.4) is 0 Å². The summed E-state index contributed by atoms with van der Waals surface area (Å²) in [5.41, 5.74) is -1.03. The Morgan fingerprint density at radius 2 is 2.00 bits per heavy atom. The molecule has 0 aliphatic rings. The molecular weight excluding hydrogens is 266 g/mol. The van der Waals surface area contributed by atoms with Gasteiger partial charge in [0.05, 0.1) is 5.75 Å². The molecule has 0 aliphatic heterocycles. The van der Waals surface area contributed by atoms with E-state index in [2.05, 4.69) is 10.1 Å². The summed E-state index contributed by atoms with van der Waals surface area (Å²) in [6, 6.07) is 8.85. The van der Waals surface area contributed by atoms with Crippen molar-refractivity contribution in [2.45, 2.75) is 5.16 Å². The number of benzene rings is 1. The predicted molar refractivity (Wildman–Crippen MR) is 71.6 cm³/mol. The number of aromatic nitrogens is 3. The molecule has 0 fully saturated rings. The van der Waals surface area contributed by atoms with E-state index in [9.17, 15) is 14.4 Å². The molecule has 7 heteroatoms. The zero-order valence-electron chi connectivity index (χ0n) is 10.1. The molecule has 98 valence electrons. The number of hydrogen-bond acceptors (Lipinski definition) is 5. The maximum Gasteiger partial charge on any atom is 0.339 e. The predicted octanol–water partition coefficient (Wildman–Crippen LogP) is 0.444. The molecule has 1 heterocycles. The summed E-state index contributed by atoms with van der Waals surface area (Å²) < 4.78 is 1.33. The van der Waals surface area contributed by atoms with Gasteiger partial charge in [-0.3, -0.25) is 24.2 Å². The number of nitrogens with zero attached hydrogens (tertiary/aromatic N) is 2. The number of aryl methyl sites for hydroxylation is 1. The lowest BCUT2D eigenvalue weighted by molar-refractivity contribution is 0.102. The number of carbonyl (C=O) groups is 1. The number of Topliss-reactive ketones (excluding diaryl/α,β-unsaturated/α-hetero) is 1. The SMILES string of the molecule is Cn1[nH]c(=O)c(=O)nc1SCC(=O)c1ccccc1. The highest BCUT2D eigenvalue weighted by Gasteiger charge is 2.09. The lowest BCUT2D eigenvalue weighted by Gasteiger charge is -2.05. The summed E-state index contributed by atoms with van der Waals surface area (Å²) in [6.45, 7) is 0. The second-order valence-electron chi connectivity index (χ2n) is 3.78. The van der Waals surface area contributed by atoms with E-state index in [1.807, 2.05) is 6.07 Å². The third kappa shape index (κ3) is 3.19. The first kappa shape index (κ1) is 13.3. The van der Waals surface area contributed by atoms with Crippen LogP contribution in [0.4, 0.5) is 0 Å². The van der Waals surface area contributed by atoms with E-state index in [4.69, 9.17) is 0 Å². The normalized spacial score (nSPS) is 10.4. The average Bonchev–Trinajstić information content (AvgIpc) is 2.42.